The van der Waals surface area contributed by atoms with Gasteiger partial charge in [-0.3, -0.25) is 0 Å². The molecule has 1 aliphatic heterocycles. The standard InChI is InChI=1S/C20H29N5O3/c1-3-25-19-15(10-21-25)18(23-14-7-5-4-6-8-14)17(13(2)22-19)16-9-20(11-26,12-27)28-24-16/h10,14,26-27H,3-9,11-12H2,1-2H3,(H,22,23). The monoisotopic (exact) mass is 387 g/mol. The first-order chi connectivity index (χ1) is 13.6. The van der Waals surface area contributed by atoms with Crippen LogP contribution >= 0.6 is 0 Å². The fourth-order valence-corrected chi connectivity index (χ4v) is 4.26. The van der Waals surface area contributed by atoms with Gasteiger partial charge in [0.2, 0.25) is 0 Å². The third-order valence-corrected chi connectivity index (χ3v) is 5.92. The number of aromatic nitrogens is 3. The maximum absolute atomic E-state index is 9.68. The van der Waals surface area contributed by atoms with E-state index in [1.165, 1.54) is 19.3 Å². The normalized spacial score (nSPS) is 19.6. The van der Waals surface area contributed by atoms with Crippen LogP contribution in [0.5, 0.6) is 0 Å². The molecule has 0 spiro atoms. The van der Waals surface area contributed by atoms with Gasteiger partial charge in [0.15, 0.2) is 11.2 Å². The Hall–Kier alpha value is -2.19. The lowest BCUT2D eigenvalue weighted by Crippen LogP contribution is -2.38. The lowest BCUT2D eigenvalue weighted by atomic mass is 9.91. The predicted molar refractivity (Wildman–Crippen MR) is 108 cm³/mol. The van der Waals surface area contributed by atoms with Gasteiger partial charge in [0.1, 0.15) is 0 Å². The number of hydrogen-bond donors (Lipinski definition) is 3. The Labute approximate surface area is 164 Å². The summed E-state index contributed by atoms with van der Waals surface area (Å²) in [5, 5.41) is 32.8. The van der Waals surface area contributed by atoms with Crippen LogP contribution < -0.4 is 5.32 Å². The van der Waals surface area contributed by atoms with Crippen molar-refractivity contribution in [1.82, 2.24) is 14.8 Å². The zero-order valence-electron chi connectivity index (χ0n) is 16.6. The van der Waals surface area contributed by atoms with Crippen molar-refractivity contribution in [3.8, 4) is 0 Å². The van der Waals surface area contributed by atoms with Crippen molar-refractivity contribution < 1.29 is 15.1 Å². The summed E-state index contributed by atoms with van der Waals surface area (Å²) in [4.78, 5) is 10.3. The third-order valence-electron chi connectivity index (χ3n) is 5.92. The molecule has 0 radical (unpaired) electrons. The van der Waals surface area contributed by atoms with Crippen LogP contribution in [-0.2, 0) is 11.4 Å². The van der Waals surface area contributed by atoms with Crippen molar-refractivity contribution in [2.75, 3.05) is 18.5 Å². The van der Waals surface area contributed by atoms with Gasteiger partial charge >= 0.3 is 0 Å². The Morgan fingerprint density at radius 1 is 1.25 bits per heavy atom. The molecule has 0 saturated heterocycles. The van der Waals surface area contributed by atoms with E-state index in [1.54, 1.807) is 0 Å². The van der Waals surface area contributed by atoms with Gasteiger partial charge in [0.25, 0.3) is 0 Å². The quantitative estimate of drug-likeness (QED) is 0.703. The Morgan fingerprint density at radius 2 is 2.00 bits per heavy atom. The molecule has 8 heteroatoms. The second-order valence-electron chi connectivity index (χ2n) is 7.93. The number of fused-ring (bicyclic) bond motifs is 1. The number of aliphatic hydroxyl groups is 2. The van der Waals surface area contributed by atoms with Gasteiger partial charge in [0.05, 0.1) is 41.9 Å². The van der Waals surface area contributed by atoms with E-state index < -0.39 is 5.60 Å². The maximum atomic E-state index is 9.68. The molecule has 0 unspecified atom stereocenters. The number of hydrogen-bond acceptors (Lipinski definition) is 7. The number of nitrogens with one attached hydrogen (secondary N) is 1. The van der Waals surface area contributed by atoms with Gasteiger partial charge in [-0.05, 0) is 26.7 Å². The van der Waals surface area contributed by atoms with Crippen LogP contribution in [0.15, 0.2) is 11.4 Å². The molecule has 0 aromatic carbocycles. The molecule has 4 rings (SSSR count). The number of oxime groups is 1. The molecule has 28 heavy (non-hydrogen) atoms. The Morgan fingerprint density at radius 3 is 2.64 bits per heavy atom. The molecule has 1 saturated carbocycles. The number of anilines is 1. The van der Waals surface area contributed by atoms with Crippen LogP contribution in [-0.4, -0.2) is 55.5 Å². The Bertz CT molecular complexity index is 882. The highest BCUT2D eigenvalue weighted by Crippen LogP contribution is 2.36. The molecule has 2 aliphatic rings. The van der Waals surface area contributed by atoms with Crippen molar-refractivity contribution in [3.05, 3.63) is 17.5 Å². The van der Waals surface area contributed by atoms with Gasteiger partial charge < -0.3 is 20.4 Å². The van der Waals surface area contributed by atoms with E-state index in [0.29, 0.717) is 18.2 Å². The summed E-state index contributed by atoms with van der Waals surface area (Å²) in [5.41, 5.74) is 3.23. The van der Waals surface area contributed by atoms with Crippen molar-refractivity contribution in [2.45, 2.75) is 70.6 Å². The van der Waals surface area contributed by atoms with Gasteiger partial charge in [0, 0.05) is 24.6 Å². The second-order valence-corrected chi connectivity index (χ2v) is 7.93. The lowest BCUT2D eigenvalue weighted by Gasteiger charge is -2.26. The molecule has 2 aromatic rings. The average molecular weight is 387 g/mol. The molecule has 3 N–H and O–H groups in total. The number of nitrogens with zero attached hydrogens (tertiary/aromatic N) is 4. The summed E-state index contributed by atoms with van der Waals surface area (Å²) in [7, 11) is 0. The fraction of sp³-hybridized carbons (Fsp3) is 0.650. The fourth-order valence-electron chi connectivity index (χ4n) is 4.26. The zero-order valence-corrected chi connectivity index (χ0v) is 16.6. The van der Waals surface area contributed by atoms with Gasteiger partial charge in [-0.25, -0.2) is 9.67 Å². The SMILES string of the molecule is CCn1ncc2c(NC3CCCCC3)c(C3=NOC(CO)(CO)C3)c(C)nc21. The van der Waals surface area contributed by atoms with Crippen LogP contribution in [0.25, 0.3) is 11.0 Å². The number of aliphatic hydroxyl groups excluding tert-OH is 2. The van der Waals surface area contributed by atoms with Crippen molar-refractivity contribution in [2.24, 2.45) is 5.16 Å². The van der Waals surface area contributed by atoms with Crippen LogP contribution in [0.2, 0.25) is 0 Å². The van der Waals surface area contributed by atoms with E-state index in [1.807, 2.05) is 17.8 Å². The Balaban J connectivity index is 1.80. The summed E-state index contributed by atoms with van der Waals surface area (Å²) in [6.45, 7) is 4.20. The lowest BCUT2D eigenvalue weighted by molar-refractivity contribution is -0.0878. The summed E-state index contributed by atoms with van der Waals surface area (Å²) in [5.74, 6) is 0. The molecule has 2 aromatic heterocycles. The summed E-state index contributed by atoms with van der Waals surface area (Å²) in [6.07, 6.45) is 8.25. The van der Waals surface area contributed by atoms with Crippen LogP contribution in [0.1, 0.15) is 56.7 Å². The summed E-state index contributed by atoms with van der Waals surface area (Å²) >= 11 is 0. The molecule has 1 fully saturated rings. The second kappa shape index (κ2) is 7.67. The molecular weight excluding hydrogens is 358 g/mol. The minimum absolute atomic E-state index is 0.287. The van der Waals surface area contributed by atoms with Gasteiger partial charge in [-0.1, -0.05) is 24.4 Å². The highest BCUT2D eigenvalue weighted by Gasteiger charge is 2.40. The third kappa shape index (κ3) is 3.24. The smallest absolute Gasteiger partial charge is 0.188 e. The largest absolute Gasteiger partial charge is 0.392 e. The maximum Gasteiger partial charge on any atom is 0.188 e. The van der Waals surface area contributed by atoms with Crippen LogP contribution in [0.3, 0.4) is 0 Å². The summed E-state index contributed by atoms with van der Waals surface area (Å²) in [6, 6.07) is 0.408. The van der Waals surface area contributed by atoms with Gasteiger partial charge in [-0.2, -0.15) is 5.10 Å². The first-order valence-electron chi connectivity index (χ1n) is 10.2. The number of aryl methyl sites for hydroxylation is 2. The topological polar surface area (TPSA) is 105 Å². The molecule has 152 valence electrons. The van der Waals surface area contributed by atoms with E-state index in [0.717, 1.165) is 47.4 Å². The molecule has 8 nitrogen and oxygen atoms in total. The van der Waals surface area contributed by atoms with Crippen molar-refractivity contribution in [1.29, 1.82) is 0 Å². The van der Waals surface area contributed by atoms with E-state index in [-0.39, 0.29) is 13.2 Å². The first-order valence-corrected chi connectivity index (χ1v) is 10.2. The van der Waals surface area contributed by atoms with Gasteiger partial charge in [-0.15, -0.1) is 0 Å². The zero-order chi connectivity index (χ0) is 19.7. The first kappa shape index (κ1) is 19.1. The minimum atomic E-state index is -1.06. The molecule has 0 atom stereocenters. The molecule has 3 heterocycles. The number of rotatable bonds is 6. The summed E-state index contributed by atoms with van der Waals surface area (Å²) < 4.78 is 1.90. The number of pyridine rings is 1. The van der Waals surface area contributed by atoms with Crippen molar-refractivity contribution >= 4 is 22.4 Å². The van der Waals surface area contributed by atoms with Crippen LogP contribution in [0, 0.1) is 6.92 Å². The van der Waals surface area contributed by atoms with E-state index >= 15 is 0 Å². The van der Waals surface area contributed by atoms with E-state index in [2.05, 4.69) is 22.5 Å². The van der Waals surface area contributed by atoms with Crippen molar-refractivity contribution in [3.63, 3.8) is 0 Å². The molecular formula is C20H29N5O3. The highest BCUT2D eigenvalue weighted by molar-refractivity contribution is 6.11. The average Bonchev–Trinajstić information content (AvgIpc) is 3.33. The van der Waals surface area contributed by atoms with E-state index in [9.17, 15) is 10.2 Å². The highest BCUT2D eigenvalue weighted by atomic mass is 16.7. The van der Waals surface area contributed by atoms with Crippen LogP contribution in [0.4, 0.5) is 5.69 Å². The predicted octanol–water partition coefficient (Wildman–Crippen LogP) is 2.35. The molecule has 0 amide bonds. The molecule has 0 bridgehead atoms. The molecule has 1 aliphatic carbocycles. The van der Waals surface area contributed by atoms with E-state index in [4.69, 9.17) is 9.82 Å². The minimum Gasteiger partial charge on any atom is -0.392 e. The Kier molecular flexibility index (Phi) is 5.25.